The van der Waals surface area contributed by atoms with E-state index in [0.717, 1.165) is 18.4 Å². The topological polar surface area (TPSA) is 471 Å². The van der Waals surface area contributed by atoms with Crippen molar-refractivity contribution in [2.45, 2.75) is 241 Å². The molecule has 0 aliphatic rings. The van der Waals surface area contributed by atoms with Gasteiger partial charge >= 0.3 is 36.6 Å². The normalized spacial score (nSPS) is 12.6. The Morgan fingerprint density at radius 3 is 1.22 bits per heavy atom. The number of unbranched alkanes of at least 4 members (excludes halogenated alkanes) is 3. The number of aryl methyl sites for hydroxylation is 1. The van der Waals surface area contributed by atoms with Crippen LogP contribution in [0.15, 0.2) is 39.2 Å². The third-order valence-corrected chi connectivity index (χ3v) is 13.1. The number of nitrogens with one attached hydrogen (secondary N) is 9. The molecular weight excluding hydrogens is 1360 g/mol. The van der Waals surface area contributed by atoms with E-state index >= 15 is 0 Å². The van der Waals surface area contributed by atoms with E-state index in [1.165, 1.54) is 0 Å². The molecule has 2 rings (SSSR count). The number of halogens is 1. The lowest BCUT2D eigenvalue weighted by atomic mass is 10.1. The van der Waals surface area contributed by atoms with Gasteiger partial charge in [-0.3, -0.25) is 60.8 Å². The largest absolute Gasteiger partial charge is 0.492 e. The summed E-state index contributed by atoms with van der Waals surface area (Å²) in [6, 6.07) is 5.62. The first-order chi connectivity index (χ1) is 47.6. The number of anilines is 2. The number of hydrogen-bond acceptors (Lipinski definition) is 24. The highest BCUT2D eigenvalue weighted by atomic mass is 35.5. The number of rotatable bonds is 32. The van der Waals surface area contributed by atoms with E-state index in [9.17, 15) is 43.2 Å². The molecule has 0 unspecified atom stereocenters. The molecule has 580 valence electrons. The zero-order valence-corrected chi connectivity index (χ0v) is 64.2. The van der Waals surface area contributed by atoms with E-state index in [0.29, 0.717) is 76.9 Å². The number of aliphatic imine (C=N–C) groups is 3. The molecule has 9 amide bonds. The van der Waals surface area contributed by atoms with Crippen LogP contribution in [0.25, 0.3) is 0 Å². The van der Waals surface area contributed by atoms with Crippen molar-refractivity contribution < 1.29 is 76.3 Å². The van der Waals surface area contributed by atoms with Gasteiger partial charge in [0.05, 0.1) is 0 Å². The highest BCUT2D eigenvalue weighted by Gasteiger charge is 2.28. The number of nitrogens with two attached hydrogens (primary N) is 3. The second-order valence-corrected chi connectivity index (χ2v) is 30.2. The summed E-state index contributed by atoms with van der Waals surface area (Å²) < 4.78 is 38.6. The fraction of sp³-hybridized carbons (Fsp3) is 0.676. The van der Waals surface area contributed by atoms with Crippen LogP contribution in [0.4, 0.5) is 40.4 Å². The number of nitrogens with zero attached hydrogens (tertiary/aromatic N) is 6. The number of alkyl carbamates (subject to hydrolysis) is 6. The van der Waals surface area contributed by atoms with Gasteiger partial charge in [0.25, 0.3) is 5.91 Å². The van der Waals surface area contributed by atoms with Gasteiger partial charge in [-0.1, -0.05) is 23.7 Å². The minimum atomic E-state index is -1.02. The van der Waals surface area contributed by atoms with E-state index in [1.54, 1.807) is 125 Å². The number of carbonyl (C=O) groups excluding carboxylic acids is 9. The number of aromatic nitrogens is 2. The van der Waals surface area contributed by atoms with Gasteiger partial charge in [-0.15, -0.1) is 0 Å². The summed E-state index contributed by atoms with van der Waals surface area (Å²) in [5.41, 5.74) is 13.0. The molecule has 0 bridgehead atoms. The molecule has 103 heavy (non-hydrogen) atoms. The summed E-state index contributed by atoms with van der Waals surface area (Å²) in [6.45, 7) is 32.9. The minimum absolute atomic E-state index is 0.0903. The Labute approximate surface area is 610 Å². The molecule has 0 saturated heterocycles. The van der Waals surface area contributed by atoms with Crippen molar-refractivity contribution in [3.63, 3.8) is 0 Å². The fourth-order valence-corrected chi connectivity index (χ4v) is 8.81. The van der Waals surface area contributed by atoms with Gasteiger partial charge in [-0.05, 0) is 226 Å². The van der Waals surface area contributed by atoms with E-state index in [2.05, 4.69) is 77.7 Å². The average Bonchev–Trinajstić information content (AvgIpc) is 0.833. The van der Waals surface area contributed by atoms with E-state index in [4.69, 9.17) is 62.0 Å². The number of nitrogen functional groups attached to an aromatic ring is 2. The molecule has 0 saturated carbocycles. The van der Waals surface area contributed by atoms with Crippen molar-refractivity contribution in [1.82, 2.24) is 62.7 Å². The van der Waals surface area contributed by atoms with Crippen LogP contribution >= 0.6 is 11.6 Å². The Balaban J connectivity index is 2.27. The monoisotopic (exact) mass is 1470 g/mol. The van der Waals surface area contributed by atoms with Crippen LogP contribution in [-0.4, -0.2) is 192 Å². The summed E-state index contributed by atoms with van der Waals surface area (Å²) in [4.78, 5) is 140. The van der Waals surface area contributed by atoms with Crippen molar-refractivity contribution in [2.75, 3.05) is 70.4 Å². The Bertz CT molecular complexity index is 2980. The molecule has 1 aromatic carbocycles. The van der Waals surface area contributed by atoms with Gasteiger partial charge in [-0.25, -0.2) is 38.7 Å². The molecule has 2 aromatic rings. The van der Waals surface area contributed by atoms with Gasteiger partial charge in [-0.2, -0.15) is 0 Å². The van der Waals surface area contributed by atoms with Gasteiger partial charge in [0.2, 0.25) is 23.7 Å². The Hall–Kier alpha value is -9.21. The smallest absolute Gasteiger partial charge is 0.414 e. The van der Waals surface area contributed by atoms with Crippen LogP contribution in [0, 0.1) is 0 Å². The molecule has 0 fully saturated rings. The SMILES string of the molecule is CC(C)(C)OC(=O)NC(=NCCCC[C@H](NC(=O)OC(C)(C)C)C(=O)NCCCN(CCCNC(=O)[C@H](CCCCN=C(NC(=O)OC(C)(C)C)NC(=O)OC(C)(C)C)NC(=O)OC(C)(C)C)CCOc1ccc(CCCCN=C(N)NC(=O)c2nc(Cl)c(N)nc2N)cc1)NC(=O)OC(C)(C)C. The predicted octanol–water partition coefficient (Wildman–Crippen LogP) is 7.99. The molecule has 15 N–H and O–H groups in total. The fourth-order valence-electron chi connectivity index (χ4n) is 8.68. The molecule has 0 spiro atoms. The number of hydrogen-bond donors (Lipinski definition) is 12. The van der Waals surface area contributed by atoms with Crippen LogP contribution < -0.4 is 69.8 Å². The highest BCUT2D eigenvalue weighted by molar-refractivity contribution is 6.31. The number of carbonyl (C=O) groups is 9. The van der Waals surface area contributed by atoms with Crippen LogP contribution in [0.5, 0.6) is 5.75 Å². The van der Waals surface area contributed by atoms with Gasteiger partial charge < -0.3 is 71.6 Å². The maximum absolute atomic E-state index is 13.9. The van der Waals surface area contributed by atoms with E-state index in [-0.39, 0.29) is 86.0 Å². The lowest BCUT2D eigenvalue weighted by molar-refractivity contribution is -0.124. The van der Waals surface area contributed by atoms with Gasteiger partial charge in [0.1, 0.15) is 58.0 Å². The third kappa shape index (κ3) is 44.7. The molecule has 2 atom stereocenters. The van der Waals surface area contributed by atoms with Crippen molar-refractivity contribution in [1.29, 1.82) is 0 Å². The first-order valence-electron chi connectivity index (χ1n) is 34.4. The zero-order valence-electron chi connectivity index (χ0n) is 63.4. The Morgan fingerprint density at radius 1 is 0.466 bits per heavy atom. The number of amides is 9. The molecule has 1 aromatic heterocycles. The molecule has 35 heteroatoms. The predicted molar refractivity (Wildman–Crippen MR) is 392 cm³/mol. The van der Waals surface area contributed by atoms with Crippen molar-refractivity contribution >= 4 is 95.4 Å². The van der Waals surface area contributed by atoms with Crippen LogP contribution in [0.2, 0.25) is 5.15 Å². The second kappa shape index (κ2) is 43.0. The molecular formula is C68H115ClN18O16. The molecule has 34 nitrogen and oxygen atoms in total. The van der Waals surface area contributed by atoms with E-state index in [1.807, 2.05) is 24.3 Å². The van der Waals surface area contributed by atoms with Crippen LogP contribution in [0.1, 0.15) is 205 Å². The number of benzene rings is 1. The number of guanidine groups is 3. The molecule has 0 radical (unpaired) electrons. The standard InChI is InChI=1S/C68H115ClN18O16/c1-63(2,3)98-57(91)78-45(28-20-23-35-76-55(83-59(93)100-65(7,8)9)84-60(94)101-66(10,11)12)51(88)73-37-25-39-87(41-42-97-44-32-30-43(31-33-44)27-19-22-34-75-54(72)82-53(90)47-49(70)81-50(71)48(69)80-47)40-26-38-74-52(89)46(79-58(92)99-64(4,5)6)29-21-24-36-77-56(85-61(95)102-67(13,14)15)86-62(96)103-68(16,17)18/h30-33,45-46H,19-29,34-42H2,1-18H3,(H,73,88)(H,74,89)(H,78,91)(H,79,92)(H4,70,71,81)(H3,72,75,82,90)(H2,76,83,84,93,94)(H2,77,85,86,95,96)/t45-,46-/m0/s1. The average molecular weight is 1480 g/mol. The maximum atomic E-state index is 13.9. The molecule has 0 aliphatic carbocycles. The summed E-state index contributed by atoms with van der Waals surface area (Å²) in [5, 5.41) is 23.3. The summed E-state index contributed by atoms with van der Waals surface area (Å²) in [6.07, 6.45) is -0.162. The lowest BCUT2D eigenvalue weighted by Gasteiger charge is -2.25. The van der Waals surface area contributed by atoms with Crippen molar-refractivity contribution in [3.8, 4) is 5.75 Å². The number of ether oxygens (including phenoxy) is 7. The maximum Gasteiger partial charge on any atom is 0.414 e. The Kier molecular flexibility index (Phi) is 37.5. The van der Waals surface area contributed by atoms with Crippen molar-refractivity contribution in [2.24, 2.45) is 20.7 Å². The molecule has 0 aliphatic heterocycles. The lowest BCUT2D eigenvalue weighted by Crippen LogP contribution is -2.49. The first-order valence-corrected chi connectivity index (χ1v) is 34.8. The minimum Gasteiger partial charge on any atom is -0.492 e. The second-order valence-electron chi connectivity index (χ2n) is 29.8. The third-order valence-electron chi connectivity index (χ3n) is 12.9. The quantitative estimate of drug-likeness (QED) is 0.0143. The molecule has 1 heterocycles. The highest BCUT2D eigenvalue weighted by Crippen LogP contribution is 2.19. The summed E-state index contributed by atoms with van der Waals surface area (Å²) in [7, 11) is 0. The summed E-state index contributed by atoms with van der Waals surface area (Å²) >= 11 is 5.90. The van der Waals surface area contributed by atoms with Crippen LogP contribution in [-0.2, 0) is 44.4 Å². The van der Waals surface area contributed by atoms with E-state index < -0.39 is 100.0 Å². The van der Waals surface area contributed by atoms with Gasteiger partial charge in [0.15, 0.2) is 28.4 Å². The van der Waals surface area contributed by atoms with Crippen LogP contribution in [0.3, 0.4) is 0 Å². The first kappa shape index (κ1) is 89.9. The summed E-state index contributed by atoms with van der Waals surface area (Å²) in [5.74, 6) is -1.90. The van der Waals surface area contributed by atoms with Gasteiger partial charge in [0, 0.05) is 39.3 Å². The van der Waals surface area contributed by atoms with Crippen molar-refractivity contribution in [3.05, 3.63) is 40.7 Å². The Morgan fingerprint density at radius 2 is 0.835 bits per heavy atom. The zero-order chi connectivity index (χ0) is 77.9.